The Morgan fingerprint density at radius 1 is 1.32 bits per heavy atom. The van der Waals surface area contributed by atoms with Gasteiger partial charge in [-0.25, -0.2) is 0 Å². The number of pyridine rings is 1. The van der Waals surface area contributed by atoms with E-state index in [4.69, 9.17) is 5.73 Å². The lowest BCUT2D eigenvalue weighted by Gasteiger charge is -2.04. The highest BCUT2D eigenvalue weighted by Gasteiger charge is 2.18. The van der Waals surface area contributed by atoms with Gasteiger partial charge in [-0.05, 0) is 36.8 Å². The highest BCUT2D eigenvalue weighted by molar-refractivity contribution is 7.21. The van der Waals surface area contributed by atoms with Crippen LogP contribution < -0.4 is 16.6 Å². The number of nitrogen functional groups attached to an aromatic ring is 1. The molecule has 3 aromatic rings. The molecule has 112 valence electrons. The first kappa shape index (κ1) is 14.2. The van der Waals surface area contributed by atoms with E-state index in [9.17, 15) is 14.7 Å². The number of phenols is 1. The maximum atomic E-state index is 12.4. The van der Waals surface area contributed by atoms with E-state index in [0.29, 0.717) is 26.5 Å². The van der Waals surface area contributed by atoms with Crippen molar-refractivity contribution >= 4 is 38.8 Å². The van der Waals surface area contributed by atoms with Crippen molar-refractivity contribution in [2.75, 3.05) is 11.1 Å². The van der Waals surface area contributed by atoms with Gasteiger partial charge in [-0.15, -0.1) is 11.3 Å². The Morgan fingerprint density at radius 3 is 2.68 bits per heavy atom. The molecule has 7 heteroatoms. The Bertz CT molecular complexity index is 926. The zero-order valence-corrected chi connectivity index (χ0v) is 12.5. The number of nitrogens with one attached hydrogen (secondary N) is 2. The third-order valence-corrected chi connectivity index (χ3v) is 4.37. The SMILES string of the molecule is Cc1cc(=O)[nH]c2sc(C(=O)Nc3ccc(O)cc3)c(N)c12. The van der Waals surface area contributed by atoms with Gasteiger partial charge in [0, 0.05) is 17.1 Å². The van der Waals surface area contributed by atoms with Crippen LogP contribution in [0.5, 0.6) is 5.75 Å². The molecule has 0 fully saturated rings. The van der Waals surface area contributed by atoms with Crippen LogP contribution in [0.4, 0.5) is 11.4 Å². The van der Waals surface area contributed by atoms with Crippen molar-refractivity contribution in [1.82, 2.24) is 4.98 Å². The lowest BCUT2D eigenvalue weighted by atomic mass is 10.1. The number of anilines is 2. The largest absolute Gasteiger partial charge is 0.508 e. The van der Waals surface area contributed by atoms with Crippen LogP contribution in [0.15, 0.2) is 35.1 Å². The molecule has 3 rings (SSSR count). The van der Waals surface area contributed by atoms with Crippen molar-refractivity contribution in [3.05, 3.63) is 51.1 Å². The van der Waals surface area contributed by atoms with Gasteiger partial charge < -0.3 is 21.1 Å². The van der Waals surface area contributed by atoms with Crippen LogP contribution in [0, 0.1) is 6.92 Å². The summed E-state index contributed by atoms with van der Waals surface area (Å²) in [6.07, 6.45) is 0. The van der Waals surface area contributed by atoms with Crippen molar-refractivity contribution < 1.29 is 9.90 Å². The summed E-state index contributed by atoms with van der Waals surface area (Å²) in [7, 11) is 0. The van der Waals surface area contributed by atoms with Gasteiger partial charge in [-0.3, -0.25) is 9.59 Å². The molecule has 2 aromatic heterocycles. The number of aryl methyl sites for hydroxylation is 1. The summed E-state index contributed by atoms with van der Waals surface area (Å²) in [5.41, 5.74) is 7.46. The maximum Gasteiger partial charge on any atom is 0.267 e. The van der Waals surface area contributed by atoms with Crippen molar-refractivity contribution in [3.63, 3.8) is 0 Å². The zero-order valence-electron chi connectivity index (χ0n) is 11.6. The fourth-order valence-corrected chi connectivity index (χ4v) is 3.33. The van der Waals surface area contributed by atoms with Crippen LogP contribution >= 0.6 is 11.3 Å². The molecule has 0 aliphatic rings. The van der Waals surface area contributed by atoms with Gasteiger partial charge in [-0.2, -0.15) is 0 Å². The number of carbonyl (C=O) groups is 1. The average Bonchev–Trinajstić information content (AvgIpc) is 2.78. The van der Waals surface area contributed by atoms with Gasteiger partial charge in [0.15, 0.2) is 0 Å². The Labute approximate surface area is 129 Å². The minimum atomic E-state index is -0.357. The topological polar surface area (TPSA) is 108 Å². The molecule has 0 bridgehead atoms. The van der Waals surface area contributed by atoms with Gasteiger partial charge in [0.2, 0.25) is 5.56 Å². The summed E-state index contributed by atoms with van der Waals surface area (Å²) in [6.45, 7) is 1.78. The smallest absolute Gasteiger partial charge is 0.267 e. The number of rotatable bonds is 2. The molecule has 1 amide bonds. The number of phenolic OH excluding ortho intramolecular Hbond substituents is 1. The van der Waals surface area contributed by atoms with Gasteiger partial charge in [0.05, 0.1) is 5.69 Å². The fourth-order valence-electron chi connectivity index (χ4n) is 2.24. The molecule has 22 heavy (non-hydrogen) atoms. The highest BCUT2D eigenvalue weighted by atomic mass is 32.1. The Kier molecular flexibility index (Phi) is 3.34. The highest BCUT2D eigenvalue weighted by Crippen LogP contribution is 2.34. The van der Waals surface area contributed by atoms with Crippen LogP contribution in [0.2, 0.25) is 0 Å². The predicted molar refractivity (Wildman–Crippen MR) is 87.7 cm³/mol. The monoisotopic (exact) mass is 315 g/mol. The molecule has 2 heterocycles. The van der Waals surface area contributed by atoms with Crippen LogP contribution in [-0.4, -0.2) is 16.0 Å². The van der Waals surface area contributed by atoms with Gasteiger partial charge >= 0.3 is 0 Å². The fraction of sp³-hybridized carbons (Fsp3) is 0.0667. The summed E-state index contributed by atoms with van der Waals surface area (Å²) in [4.78, 5) is 27.5. The molecule has 0 saturated carbocycles. The number of nitrogens with two attached hydrogens (primary N) is 1. The first-order valence-electron chi connectivity index (χ1n) is 6.48. The van der Waals surface area contributed by atoms with E-state index in [1.807, 2.05) is 0 Å². The van der Waals surface area contributed by atoms with Gasteiger partial charge in [0.1, 0.15) is 15.5 Å². The average molecular weight is 315 g/mol. The Morgan fingerprint density at radius 2 is 2.00 bits per heavy atom. The van der Waals surface area contributed by atoms with Crippen LogP contribution in [-0.2, 0) is 0 Å². The number of carbonyl (C=O) groups excluding carboxylic acids is 1. The molecule has 0 saturated heterocycles. The number of benzene rings is 1. The number of hydrogen-bond donors (Lipinski definition) is 4. The number of thiophene rings is 1. The summed E-state index contributed by atoms with van der Waals surface area (Å²) < 4.78 is 0. The Hall–Kier alpha value is -2.80. The lowest BCUT2D eigenvalue weighted by Crippen LogP contribution is -2.11. The lowest BCUT2D eigenvalue weighted by molar-refractivity contribution is 0.103. The van der Waals surface area contributed by atoms with E-state index in [1.165, 1.54) is 18.2 Å². The van der Waals surface area contributed by atoms with Crippen molar-refractivity contribution in [1.29, 1.82) is 0 Å². The number of aromatic amines is 1. The van der Waals surface area contributed by atoms with E-state index in [0.717, 1.165) is 16.9 Å². The van der Waals surface area contributed by atoms with E-state index in [-0.39, 0.29) is 17.2 Å². The molecule has 0 aliphatic carbocycles. The number of aromatic hydroxyl groups is 1. The van der Waals surface area contributed by atoms with E-state index < -0.39 is 0 Å². The minimum absolute atomic E-state index is 0.118. The second kappa shape index (κ2) is 5.19. The number of hydrogen-bond acceptors (Lipinski definition) is 5. The quantitative estimate of drug-likeness (QED) is 0.545. The molecule has 6 nitrogen and oxygen atoms in total. The van der Waals surface area contributed by atoms with Crippen LogP contribution in [0.3, 0.4) is 0 Å². The minimum Gasteiger partial charge on any atom is -0.508 e. The first-order valence-corrected chi connectivity index (χ1v) is 7.29. The normalized spacial score (nSPS) is 10.8. The first-order chi connectivity index (χ1) is 10.5. The van der Waals surface area contributed by atoms with Crippen LogP contribution in [0.1, 0.15) is 15.2 Å². The maximum absolute atomic E-state index is 12.4. The molecular formula is C15H13N3O3S. The van der Waals surface area contributed by atoms with E-state index >= 15 is 0 Å². The standard InChI is InChI=1S/C15H13N3O3S/c1-7-6-10(20)18-15-11(7)12(16)13(22-15)14(21)17-8-2-4-9(19)5-3-8/h2-6,19H,16H2,1H3,(H,17,21)(H,18,20). The second-order valence-electron chi connectivity index (χ2n) is 4.87. The summed E-state index contributed by atoms with van der Waals surface area (Å²) in [5, 5.41) is 12.6. The van der Waals surface area contributed by atoms with Crippen molar-refractivity contribution in [3.8, 4) is 5.75 Å². The summed E-state index contributed by atoms with van der Waals surface area (Å²) >= 11 is 1.14. The van der Waals surface area contributed by atoms with Gasteiger partial charge in [0.25, 0.3) is 5.91 Å². The third kappa shape index (κ3) is 2.42. The summed E-state index contributed by atoms with van der Waals surface area (Å²) in [6, 6.07) is 7.58. The molecule has 0 radical (unpaired) electrons. The molecule has 0 atom stereocenters. The zero-order chi connectivity index (χ0) is 15.9. The molecule has 0 aliphatic heterocycles. The predicted octanol–water partition coefficient (Wildman–Crippen LogP) is 2.44. The number of aromatic nitrogens is 1. The van der Waals surface area contributed by atoms with E-state index in [2.05, 4.69) is 10.3 Å². The molecule has 0 spiro atoms. The third-order valence-electron chi connectivity index (χ3n) is 3.26. The summed E-state index contributed by atoms with van der Waals surface area (Å²) in [5.74, 6) is -0.239. The number of fused-ring (bicyclic) bond motifs is 1. The Balaban J connectivity index is 2.01. The molecule has 5 N–H and O–H groups in total. The van der Waals surface area contributed by atoms with Crippen molar-refractivity contribution in [2.45, 2.75) is 6.92 Å². The van der Waals surface area contributed by atoms with Crippen LogP contribution in [0.25, 0.3) is 10.2 Å². The van der Waals surface area contributed by atoms with Gasteiger partial charge in [-0.1, -0.05) is 0 Å². The number of H-pyrrole nitrogens is 1. The molecule has 1 aromatic carbocycles. The molecular weight excluding hydrogens is 302 g/mol. The molecule has 0 unspecified atom stereocenters. The second-order valence-corrected chi connectivity index (χ2v) is 5.89. The number of amides is 1. The van der Waals surface area contributed by atoms with E-state index in [1.54, 1.807) is 19.1 Å². The van der Waals surface area contributed by atoms with Crippen molar-refractivity contribution in [2.24, 2.45) is 0 Å².